The maximum absolute atomic E-state index is 12.0. The summed E-state index contributed by atoms with van der Waals surface area (Å²) in [7, 11) is 0. The number of aromatic nitrogens is 1. The van der Waals surface area contributed by atoms with Crippen molar-refractivity contribution in [2.75, 3.05) is 0 Å². The van der Waals surface area contributed by atoms with Crippen LogP contribution in [0.4, 0.5) is 0 Å². The van der Waals surface area contributed by atoms with E-state index >= 15 is 0 Å². The zero-order chi connectivity index (χ0) is 16.1. The third-order valence-corrected chi connectivity index (χ3v) is 4.32. The number of hydrogen-bond acceptors (Lipinski definition) is 4. The molecular formula is C18H16N2OS. The maximum atomic E-state index is 12.0. The fraction of sp³-hybridized carbons (Fsp3) is 0.167. The van der Waals surface area contributed by atoms with E-state index in [-0.39, 0.29) is 5.78 Å². The van der Waals surface area contributed by atoms with Gasteiger partial charge in [-0.25, -0.2) is 4.98 Å². The number of allylic oxidation sites excluding steroid dienone is 1. The second-order valence-electron chi connectivity index (χ2n) is 4.89. The molecule has 110 valence electrons. The van der Waals surface area contributed by atoms with Crippen molar-refractivity contribution in [3.05, 3.63) is 69.8 Å². The van der Waals surface area contributed by atoms with Gasteiger partial charge in [0.05, 0.1) is 5.56 Å². The molecule has 0 saturated heterocycles. The van der Waals surface area contributed by atoms with Crippen LogP contribution in [0.3, 0.4) is 0 Å². The average molecular weight is 308 g/mol. The first kappa shape index (κ1) is 16.0. The van der Waals surface area contributed by atoms with Crippen LogP contribution in [0.2, 0.25) is 0 Å². The number of ketones is 1. The van der Waals surface area contributed by atoms with Crippen molar-refractivity contribution in [2.24, 2.45) is 0 Å². The first-order valence-electron chi connectivity index (χ1n) is 6.85. The van der Waals surface area contributed by atoms with E-state index in [9.17, 15) is 10.1 Å². The summed E-state index contributed by atoms with van der Waals surface area (Å²) in [6, 6.07) is 11.3. The molecule has 1 heterocycles. The van der Waals surface area contributed by atoms with Crippen LogP contribution in [0.15, 0.2) is 46.8 Å². The van der Waals surface area contributed by atoms with Gasteiger partial charge >= 0.3 is 0 Å². The highest BCUT2D eigenvalue weighted by atomic mass is 32.2. The number of nitriles is 1. The van der Waals surface area contributed by atoms with Crippen molar-refractivity contribution < 1.29 is 4.79 Å². The number of hydrogen-bond donors (Lipinski definition) is 0. The van der Waals surface area contributed by atoms with Crippen LogP contribution in [0, 0.1) is 32.1 Å². The van der Waals surface area contributed by atoms with Gasteiger partial charge in [-0.3, -0.25) is 4.79 Å². The highest BCUT2D eigenvalue weighted by Crippen LogP contribution is 2.27. The molecule has 0 N–H and O–H groups in total. The van der Waals surface area contributed by atoms with Crippen molar-refractivity contribution >= 4 is 17.5 Å². The molecule has 0 fully saturated rings. The lowest BCUT2D eigenvalue weighted by molar-refractivity contribution is 0.104. The summed E-state index contributed by atoms with van der Waals surface area (Å²) in [5.41, 5.74) is 4.10. The average Bonchev–Trinajstić information content (AvgIpc) is 2.53. The molecule has 3 nitrogen and oxygen atoms in total. The molecule has 22 heavy (non-hydrogen) atoms. The summed E-state index contributed by atoms with van der Waals surface area (Å²) >= 11 is 1.30. The molecule has 0 bridgehead atoms. The van der Waals surface area contributed by atoms with E-state index in [4.69, 9.17) is 0 Å². The van der Waals surface area contributed by atoms with Crippen molar-refractivity contribution in [3.8, 4) is 6.07 Å². The van der Waals surface area contributed by atoms with E-state index in [1.54, 1.807) is 17.5 Å². The third-order valence-electron chi connectivity index (χ3n) is 3.53. The van der Waals surface area contributed by atoms with Gasteiger partial charge in [-0.1, -0.05) is 42.1 Å². The number of pyridine rings is 1. The fourth-order valence-electron chi connectivity index (χ4n) is 1.99. The van der Waals surface area contributed by atoms with E-state index in [2.05, 4.69) is 11.1 Å². The van der Waals surface area contributed by atoms with E-state index in [0.29, 0.717) is 16.2 Å². The van der Waals surface area contributed by atoms with Gasteiger partial charge in [0, 0.05) is 11.3 Å². The van der Waals surface area contributed by atoms with E-state index < -0.39 is 0 Å². The summed E-state index contributed by atoms with van der Waals surface area (Å²) in [6.45, 7) is 5.81. The zero-order valence-corrected chi connectivity index (χ0v) is 13.6. The maximum Gasteiger partial charge on any atom is 0.186 e. The molecule has 0 atom stereocenters. The van der Waals surface area contributed by atoms with Crippen molar-refractivity contribution in [3.63, 3.8) is 0 Å². The number of aryl methyl sites for hydroxylation is 1. The Kier molecular flexibility index (Phi) is 5.13. The summed E-state index contributed by atoms with van der Waals surface area (Å²) < 4.78 is 0. The number of benzene rings is 1. The normalized spacial score (nSPS) is 10.6. The Hall–Kier alpha value is -2.38. The van der Waals surface area contributed by atoms with Crippen LogP contribution in [0.1, 0.15) is 32.7 Å². The smallest absolute Gasteiger partial charge is 0.186 e. The van der Waals surface area contributed by atoms with Crippen LogP contribution < -0.4 is 0 Å². The van der Waals surface area contributed by atoms with Crippen molar-refractivity contribution in [1.82, 2.24) is 4.98 Å². The van der Waals surface area contributed by atoms with E-state index in [0.717, 1.165) is 16.8 Å². The summed E-state index contributed by atoms with van der Waals surface area (Å²) in [6.07, 6.45) is 1.51. The lowest BCUT2D eigenvalue weighted by atomic mass is 10.1. The molecular weight excluding hydrogens is 292 g/mol. The van der Waals surface area contributed by atoms with Gasteiger partial charge in [0.1, 0.15) is 11.1 Å². The lowest BCUT2D eigenvalue weighted by Gasteiger charge is -2.09. The van der Waals surface area contributed by atoms with Crippen molar-refractivity contribution in [1.29, 1.82) is 5.26 Å². The topological polar surface area (TPSA) is 53.8 Å². The molecule has 4 heteroatoms. The summed E-state index contributed by atoms with van der Waals surface area (Å²) in [5.74, 6) is -0.0628. The minimum absolute atomic E-state index is 0.0628. The fourth-order valence-corrected chi connectivity index (χ4v) is 2.81. The number of carbonyl (C=O) groups is 1. The number of nitrogens with zero attached hydrogens (tertiary/aromatic N) is 2. The Morgan fingerprint density at radius 1 is 1.18 bits per heavy atom. The van der Waals surface area contributed by atoms with Gasteiger partial charge in [0.2, 0.25) is 0 Å². The van der Waals surface area contributed by atoms with Gasteiger partial charge in [0.15, 0.2) is 5.78 Å². The molecule has 0 saturated carbocycles. The Bertz CT molecular complexity index is 774. The highest BCUT2D eigenvalue weighted by Gasteiger charge is 2.11. The molecule has 2 aromatic rings. The highest BCUT2D eigenvalue weighted by molar-refractivity contribution is 8.02. The van der Waals surface area contributed by atoms with Crippen LogP contribution in [-0.4, -0.2) is 10.8 Å². The summed E-state index contributed by atoms with van der Waals surface area (Å²) in [5, 5.41) is 11.6. The molecule has 2 rings (SSSR count). The molecule has 1 aromatic carbocycles. The second kappa shape index (κ2) is 7.06. The Balaban J connectivity index is 2.21. The Morgan fingerprint density at radius 3 is 2.50 bits per heavy atom. The second-order valence-corrected chi connectivity index (χ2v) is 5.78. The third kappa shape index (κ3) is 3.44. The zero-order valence-electron chi connectivity index (χ0n) is 12.8. The molecule has 0 aliphatic rings. The molecule has 0 spiro atoms. The molecule has 0 unspecified atom stereocenters. The van der Waals surface area contributed by atoms with Crippen LogP contribution in [0.5, 0.6) is 0 Å². The monoisotopic (exact) mass is 308 g/mol. The van der Waals surface area contributed by atoms with Crippen molar-refractivity contribution in [2.45, 2.75) is 25.8 Å². The number of rotatable bonds is 4. The summed E-state index contributed by atoms with van der Waals surface area (Å²) in [4.78, 5) is 16.4. The van der Waals surface area contributed by atoms with Gasteiger partial charge in [0.25, 0.3) is 0 Å². The van der Waals surface area contributed by atoms with Gasteiger partial charge < -0.3 is 0 Å². The van der Waals surface area contributed by atoms with Gasteiger partial charge in [-0.05, 0) is 43.4 Å². The quantitative estimate of drug-likeness (QED) is 0.478. The van der Waals surface area contributed by atoms with Gasteiger partial charge in [-0.2, -0.15) is 5.26 Å². The molecule has 0 aliphatic carbocycles. The molecule has 0 radical (unpaired) electrons. The Labute approximate surface area is 134 Å². The predicted octanol–water partition coefficient (Wildman–Crippen LogP) is 4.37. The number of thioether (sulfide) groups is 1. The predicted molar refractivity (Wildman–Crippen MR) is 88.9 cm³/mol. The number of carbonyl (C=O) groups excluding carboxylic acids is 1. The minimum atomic E-state index is -0.0628. The van der Waals surface area contributed by atoms with Crippen LogP contribution in [0.25, 0.3) is 0 Å². The molecule has 1 aromatic heterocycles. The van der Waals surface area contributed by atoms with Crippen LogP contribution in [-0.2, 0) is 0 Å². The first-order chi connectivity index (χ1) is 10.5. The van der Waals surface area contributed by atoms with Gasteiger partial charge in [-0.15, -0.1) is 0 Å². The molecule has 0 aliphatic heterocycles. The standard InChI is InChI=1S/C18H16N2OS/c1-12-13(2)16(11-19)18(20-14(12)3)22-10-9-17(21)15-7-5-4-6-8-15/h4-10H,1-3H3. The largest absolute Gasteiger partial charge is 0.289 e. The van der Waals surface area contributed by atoms with E-state index in [1.165, 1.54) is 17.8 Å². The first-order valence-corrected chi connectivity index (χ1v) is 7.73. The Morgan fingerprint density at radius 2 is 1.86 bits per heavy atom. The van der Waals surface area contributed by atoms with Crippen LogP contribution >= 0.6 is 11.8 Å². The minimum Gasteiger partial charge on any atom is -0.289 e. The molecule has 0 amide bonds. The SMILES string of the molecule is Cc1nc(SC=CC(=O)c2ccccc2)c(C#N)c(C)c1C. The van der Waals surface area contributed by atoms with E-state index in [1.807, 2.05) is 39.0 Å². The lowest BCUT2D eigenvalue weighted by Crippen LogP contribution is -1.98.